The summed E-state index contributed by atoms with van der Waals surface area (Å²) in [5.41, 5.74) is 0. The maximum atomic E-state index is 13.2. The van der Waals surface area contributed by atoms with Gasteiger partial charge in [-0.1, -0.05) is 18.5 Å². The Morgan fingerprint density at radius 3 is 2.57 bits per heavy atom. The zero-order chi connectivity index (χ0) is 15.5. The van der Waals surface area contributed by atoms with E-state index in [-0.39, 0.29) is 11.9 Å². The normalized spacial score (nSPS) is 19.1. The van der Waals surface area contributed by atoms with Gasteiger partial charge in [0.05, 0.1) is 6.04 Å². The first kappa shape index (κ1) is 16.2. The van der Waals surface area contributed by atoms with E-state index >= 15 is 0 Å². The Morgan fingerprint density at radius 2 is 2.00 bits per heavy atom. The number of nitrogens with zero attached hydrogens (tertiary/aromatic N) is 3. The average Bonchev–Trinajstić information content (AvgIpc) is 2.95. The summed E-state index contributed by atoms with van der Waals surface area (Å²) < 4.78 is 55.4. The van der Waals surface area contributed by atoms with Gasteiger partial charge in [-0.15, -0.1) is 0 Å². The molecule has 1 N–H and O–H groups in total. The smallest absolute Gasteiger partial charge is 0.332 e. The molecule has 1 unspecified atom stereocenters. The molecule has 2 heterocycles. The van der Waals surface area contributed by atoms with Crippen molar-refractivity contribution in [2.45, 2.75) is 38.2 Å². The molecule has 120 valence electrons. The van der Waals surface area contributed by atoms with Crippen LogP contribution in [-0.2, 0) is 5.92 Å². The Hall–Kier alpha value is -1.22. The van der Waals surface area contributed by atoms with E-state index in [1.807, 2.05) is 6.92 Å². The maximum absolute atomic E-state index is 13.2. The molecule has 1 atom stereocenters. The Bertz CT molecular complexity index is 448. The second-order valence-corrected chi connectivity index (χ2v) is 4.97. The highest BCUT2D eigenvalue weighted by molar-refractivity contribution is 5.00. The Morgan fingerprint density at radius 1 is 1.33 bits per heavy atom. The van der Waals surface area contributed by atoms with Gasteiger partial charge in [0, 0.05) is 26.2 Å². The number of aromatic nitrogens is 2. The topological polar surface area (TPSA) is 54.2 Å². The molecule has 0 saturated carbocycles. The molecule has 0 amide bonds. The van der Waals surface area contributed by atoms with Gasteiger partial charge in [0.15, 0.2) is 5.82 Å². The lowest BCUT2D eigenvalue weighted by atomic mass is 10.1. The average molecular weight is 310 g/mol. The summed E-state index contributed by atoms with van der Waals surface area (Å²) in [6, 6.07) is -0.289. The minimum atomic E-state index is -4.41. The minimum absolute atomic E-state index is 0.0501. The second-order valence-electron chi connectivity index (χ2n) is 4.97. The molecule has 9 heteroatoms. The molecular weight excluding hydrogens is 292 g/mol. The van der Waals surface area contributed by atoms with Gasteiger partial charge < -0.3 is 9.84 Å². The van der Waals surface area contributed by atoms with E-state index < -0.39 is 18.2 Å². The fraction of sp³-hybridized carbons (Fsp3) is 0.833. The van der Waals surface area contributed by atoms with Gasteiger partial charge in [0.2, 0.25) is 0 Å². The van der Waals surface area contributed by atoms with E-state index in [4.69, 9.17) is 0 Å². The van der Waals surface area contributed by atoms with Crippen molar-refractivity contribution in [2.24, 2.45) is 0 Å². The van der Waals surface area contributed by atoms with Crippen molar-refractivity contribution >= 4 is 0 Å². The molecule has 1 aromatic heterocycles. The van der Waals surface area contributed by atoms with E-state index in [1.165, 1.54) is 0 Å². The maximum Gasteiger partial charge on any atom is 0.383 e. The third-order valence-electron chi connectivity index (χ3n) is 3.45. The molecule has 5 nitrogen and oxygen atoms in total. The molecular formula is C12H18F4N4O. The van der Waals surface area contributed by atoms with Crippen molar-refractivity contribution in [1.82, 2.24) is 20.4 Å². The lowest BCUT2D eigenvalue weighted by Gasteiger charge is -2.33. The molecule has 1 aliphatic heterocycles. The highest BCUT2D eigenvalue weighted by Crippen LogP contribution is 2.34. The molecule has 0 bridgehead atoms. The SMILES string of the molecule is CCCC(c1noc(C(F)(F)C(F)F)n1)N1CCNCC1. The molecule has 2 rings (SSSR count). The highest BCUT2D eigenvalue weighted by Gasteiger charge is 2.49. The van der Waals surface area contributed by atoms with Crippen molar-refractivity contribution in [1.29, 1.82) is 0 Å². The van der Waals surface area contributed by atoms with Gasteiger partial charge in [0.1, 0.15) is 0 Å². The van der Waals surface area contributed by atoms with E-state index in [9.17, 15) is 17.6 Å². The highest BCUT2D eigenvalue weighted by atomic mass is 19.3. The first-order chi connectivity index (χ1) is 9.96. The predicted molar refractivity (Wildman–Crippen MR) is 66.3 cm³/mol. The van der Waals surface area contributed by atoms with Crippen molar-refractivity contribution in [3.8, 4) is 0 Å². The third-order valence-corrected chi connectivity index (χ3v) is 3.45. The number of hydrogen-bond donors (Lipinski definition) is 1. The van der Waals surface area contributed by atoms with Crippen LogP contribution in [-0.4, -0.2) is 47.6 Å². The van der Waals surface area contributed by atoms with Crippen molar-refractivity contribution in [3.63, 3.8) is 0 Å². The fourth-order valence-electron chi connectivity index (χ4n) is 2.34. The van der Waals surface area contributed by atoms with Crippen molar-refractivity contribution in [3.05, 3.63) is 11.7 Å². The third kappa shape index (κ3) is 3.52. The first-order valence-electron chi connectivity index (χ1n) is 6.91. The van der Waals surface area contributed by atoms with Gasteiger partial charge in [-0.3, -0.25) is 4.90 Å². The first-order valence-corrected chi connectivity index (χ1v) is 6.91. The number of halogens is 4. The molecule has 1 aromatic rings. The number of hydrogen-bond acceptors (Lipinski definition) is 5. The summed E-state index contributed by atoms with van der Waals surface area (Å²) >= 11 is 0. The summed E-state index contributed by atoms with van der Waals surface area (Å²) in [6.45, 7) is 4.94. The molecule has 1 saturated heterocycles. The zero-order valence-corrected chi connectivity index (χ0v) is 11.7. The Labute approximate surface area is 119 Å². The van der Waals surface area contributed by atoms with E-state index in [1.54, 1.807) is 0 Å². The summed E-state index contributed by atoms with van der Waals surface area (Å²) in [4.78, 5) is 5.58. The Balaban J connectivity index is 2.19. The van der Waals surface area contributed by atoms with Gasteiger partial charge in [-0.2, -0.15) is 13.8 Å². The molecule has 21 heavy (non-hydrogen) atoms. The molecule has 1 aliphatic rings. The number of nitrogens with one attached hydrogen (secondary N) is 1. The quantitative estimate of drug-likeness (QED) is 0.816. The number of rotatable bonds is 6. The van der Waals surface area contributed by atoms with Crippen LogP contribution in [0.5, 0.6) is 0 Å². The predicted octanol–water partition coefficient (Wildman–Crippen LogP) is 2.17. The molecule has 1 fully saturated rings. The standard InChI is InChI=1S/C12H18F4N4O/c1-2-3-8(20-6-4-17-5-7-20)9-18-11(21-19-9)12(15,16)10(13)14/h8,10,17H,2-7H2,1H3. The molecule has 0 spiro atoms. The van der Waals surface area contributed by atoms with Gasteiger partial charge in [0.25, 0.3) is 0 Å². The summed E-state index contributed by atoms with van der Waals surface area (Å²) in [7, 11) is 0. The summed E-state index contributed by atoms with van der Waals surface area (Å²) in [5.74, 6) is -5.68. The van der Waals surface area contributed by atoms with Crippen LogP contribution < -0.4 is 5.32 Å². The largest absolute Gasteiger partial charge is 0.383 e. The molecule has 0 aliphatic carbocycles. The van der Waals surface area contributed by atoms with Gasteiger partial charge in [-0.25, -0.2) is 8.78 Å². The van der Waals surface area contributed by atoms with Crippen LogP contribution in [0.3, 0.4) is 0 Å². The molecule has 0 aromatic carbocycles. The van der Waals surface area contributed by atoms with Crippen molar-refractivity contribution in [2.75, 3.05) is 26.2 Å². The van der Waals surface area contributed by atoms with E-state index in [0.29, 0.717) is 6.42 Å². The number of alkyl halides is 4. The lowest BCUT2D eigenvalue weighted by Crippen LogP contribution is -2.45. The van der Waals surface area contributed by atoms with Crippen LogP contribution in [0.25, 0.3) is 0 Å². The van der Waals surface area contributed by atoms with Gasteiger partial charge >= 0.3 is 18.2 Å². The van der Waals surface area contributed by atoms with E-state index in [2.05, 4.69) is 24.9 Å². The van der Waals surface area contributed by atoms with Crippen LogP contribution in [0.4, 0.5) is 17.6 Å². The Kier molecular flexibility index (Phi) is 5.15. The van der Waals surface area contributed by atoms with Crippen LogP contribution in [0.2, 0.25) is 0 Å². The van der Waals surface area contributed by atoms with Crippen LogP contribution >= 0.6 is 0 Å². The summed E-state index contributed by atoms with van der Waals surface area (Å²) in [5, 5.41) is 6.68. The molecule has 0 radical (unpaired) electrons. The number of piperazine rings is 1. The van der Waals surface area contributed by atoms with E-state index in [0.717, 1.165) is 32.6 Å². The lowest BCUT2D eigenvalue weighted by molar-refractivity contribution is -0.152. The van der Waals surface area contributed by atoms with Crippen molar-refractivity contribution < 1.29 is 22.1 Å². The monoisotopic (exact) mass is 310 g/mol. The van der Waals surface area contributed by atoms with Crippen LogP contribution in [0.15, 0.2) is 4.52 Å². The minimum Gasteiger partial charge on any atom is -0.332 e. The second kappa shape index (κ2) is 6.69. The zero-order valence-electron chi connectivity index (χ0n) is 11.7. The fourth-order valence-corrected chi connectivity index (χ4v) is 2.34. The van der Waals surface area contributed by atoms with Crippen LogP contribution in [0, 0.1) is 0 Å². The van der Waals surface area contributed by atoms with Crippen LogP contribution in [0.1, 0.15) is 37.5 Å². The summed E-state index contributed by atoms with van der Waals surface area (Å²) in [6.07, 6.45) is -2.42. The van der Waals surface area contributed by atoms with Gasteiger partial charge in [-0.05, 0) is 6.42 Å².